The number of nitro groups is 1. The number of nitrogens with zero attached hydrogens (tertiary/aromatic N) is 1. The van der Waals surface area contributed by atoms with E-state index in [4.69, 9.17) is 9.88 Å². The second kappa shape index (κ2) is 7.17. The van der Waals surface area contributed by atoms with E-state index < -0.39 is 20.6 Å². The van der Waals surface area contributed by atoms with Gasteiger partial charge >= 0.3 is 5.69 Å². The zero-order valence-corrected chi connectivity index (χ0v) is 11.9. The van der Waals surface area contributed by atoms with Gasteiger partial charge in [0.15, 0.2) is 5.75 Å². The molecule has 112 valence electrons. The van der Waals surface area contributed by atoms with Crippen molar-refractivity contribution in [2.75, 3.05) is 19.7 Å². The number of nitrogens with one attached hydrogen (secondary N) is 1. The number of rotatable bonds is 8. The van der Waals surface area contributed by atoms with Crippen LogP contribution in [0.15, 0.2) is 23.1 Å². The van der Waals surface area contributed by atoms with Crippen molar-refractivity contribution < 1.29 is 18.1 Å². The first-order valence-corrected chi connectivity index (χ1v) is 7.55. The predicted octanol–water partition coefficient (Wildman–Crippen LogP) is 0.621. The molecule has 1 aromatic rings. The quantitative estimate of drug-likeness (QED) is 0.412. The van der Waals surface area contributed by atoms with Crippen molar-refractivity contribution >= 4 is 15.7 Å². The molecule has 0 aliphatic heterocycles. The first-order valence-electron chi connectivity index (χ1n) is 6.01. The van der Waals surface area contributed by atoms with E-state index in [1.165, 1.54) is 12.1 Å². The third-order valence-corrected chi connectivity index (χ3v) is 3.33. The molecule has 0 aliphatic carbocycles. The Morgan fingerprint density at radius 1 is 1.40 bits per heavy atom. The first kappa shape index (κ1) is 16.3. The topological polar surface area (TPSA) is 125 Å². The third-order valence-electron chi connectivity index (χ3n) is 2.42. The molecule has 0 aromatic heterocycles. The summed E-state index contributed by atoms with van der Waals surface area (Å²) in [7, 11) is -3.98. The molecule has 0 aliphatic rings. The minimum Gasteiger partial charge on any atom is -0.485 e. The Morgan fingerprint density at radius 2 is 2.10 bits per heavy atom. The fourth-order valence-electron chi connectivity index (χ4n) is 1.47. The molecule has 1 rings (SSSR count). The smallest absolute Gasteiger partial charge is 0.312 e. The zero-order valence-electron chi connectivity index (χ0n) is 11.0. The second-order valence-electron chi connectivity index (χ2n) is 4.03. The summed E-state index contributed by atoms with van der Waals surface area (Å²) < 4.78 is 27.6. The summed E-state index contributed by atoms with van der Waals surface area (Å²) in [5.74, 6) is 0.0145. The number of nitro benzene ring substituents is 1. The molecule has 0 amide bonds. The minimum atomic E-state index is -3.98. The van der Waals surface area contributed by atoms with E-state index in [0.717, 1.165) is 19.0 Å². The summed E-state index contributed by atoms with van der Waals surface area (Å²) in [4.78, 5) is 9.89. The summed E-state index contributed by atoms with van der Waals surface area (Å²) in [5, 5.41) is 18.9. The predicted molar refractivity (Wildman–Crippen MR) is 73.1 cm³/mol. The third kappa shape index (κ3) is 4.76. The molecule has 0 fully saturated rings. The maximum Gasteiger partial charge on any atom is 0.312 e. The van der Waals surface area contributed by atoms with E-state index in [1.54, 1.807) is 0 Å². The number of benzene rings is 1. The van der Waals surface area contributed by atoms with E-state index in [2.05, 4.69) is 5.32 Å². The van der Waals surface area contributed by atoms with Gasteiger partial charge in [-0.25, -0.2) is 13.6 Å². The maximum atomic E-state index is 11.2. The Bertz CT molecular complexity index is 573. The maximum absolute atomic E-state index is 11.2. The van der Waals surface area contributed by atoms with Crippen LogP contribution in [0.25, 0.3) is 0 Å². The van der Waals surface area contributed by atoms with Gasteiger partial charge in [-0.3, -0.25) is 10.1 Å². The molecule has 0 saturated heterocycles. The Balaban J connectivity index is 2.83. The monoisotopic (exact) mass is 303 g/mol. The van der Waals surface area contributed by atoms with Crippen LogP contribution in [0.5, 0.6) is 5.75 Å². The van der Waals surface area contributed by atoms with Crippen molar-refractivity contribution in [3.8, 4) is 5.75 Å². The normalized spacial score (nSPS) is 11.3. The molecule has 0 spiro atoms. The number of sulfonamides is 1. The van der Waals surface area contributed by atoms with Crippen LogP contribution in [0.3, 0.4) is 0 Å². The van der Waals surface area contributed by atoms with Crippen LogP contribution in [-0.4, -0.2) is 33.0 Å². The van der Waals surface area contributed by atoms with Crippen molar-refractivity contribution in [2.24, 2.45) is 5.14 Å². The van der Waals surface area contributed by atoms with Crippen LogP contribution in [0, 0.1) is 10.1 Å². The molecule has 0 radical (unpaired) electrons. The first-order chi connectivity index (χ1) is 9.36. The van der Waals surface area contributed by atoms with Crippen molar-refractivity contribution in [2.45, 2.75) is 18.2 Å². The lowest BCUT2D eigenvalue weighted by atomic mass is 10.3. The molecule has 1 aromatic carbocycles. The van der Waals surface area contributed by atoms with Crippen LogP contribution >= 0.6 is 0 Å². The number of ether oxygens (including phenoxy) is 1. The van der Waals surface area contributed by atoms with Crippen molar-refractivity contribution in [1.82, 2.24) is 5.32 Å². The van der Waals surface area contributed by atoms with Gasteiger partial charge in [0.1, 0.15) is 6.61 Å². The number of primary sulfonamides is 1. The highest BCUT2D eigenvalue weighted by atomic mass is 32.2. The fourth-order valence-corrected chi connectivity index (χ4v) is 2.01. The van der Waals surface area contributed by atoms with Crippen LogP contribution in [0.2, 0.25) is 0 Å². The van der Waals surface area contributed by atoms with Crippen molar-refractivity contribution in [3.63, 3.8) is 0 Å². The van der Waals surface area contributed by atoms with Gasteiger partial charge in [0.2, 0.25) is 10.0 Å². The van der Waals surface area contributed by atoms with Gasteiger partial charge in [-0.15, -0.1) is 0 Å². The summed E-state index contributed by atoms with van der Waals surface area (Å²) in [6, 6.07) is 3.30. The van der Waals surface area contributed by atoms with Gasteiger partial charge in [0.05, 0.1) is 9.82 Å². The highest BCUT2D eigenvalue weighted by Gasteiger charge is 2.19. The Kier molecular flexibility index (Phi) is 5.86. The minimum absolute atomic E-state index is 0.0145. The SMILES string of the molecule is CCCNCCOc1ccc(S(N)(=O)=O)cc1[N+](=O)[O-]. The number of nitrogens with two attached hydrogens (primary N) is 1. The number of hydrogen-bond acceptors (Lipinski definition) is 6. The van der Waals surface area contributed by atoms with Crippen LogP contribution in [0.4, 0.5) is 5.69 Å². The van der Waals surface area contributed by atoms with E-state index in [-0.39, 0.29) is 17.3 Å². The van der Waals surface area contributed by atoms with E-state index in [0.29, 0.717) is 6.54 Å². The molecule has 0 saturated carbocycles. The van der Waals surface area contributed by atoms with Gasteiger partial charge in [0, 0.05) is 12.6 Å². The molecule has 0 bridgehead atoms. The molecular formula is C11H17N3O5S. The van der Waals surface area contributed by atoms with Crippen molar-refractivity contribution in [1.29, 1.82) is 0 Å². The summed E-state index contributed by atoms with van der Waals surface area (Å²) in [5.41, 5.74) is -0.424. The van der Waals surface area contributed by atoms with E-state index in [1.807, 2.05) is 6.92 Å². The van der Waals surface area contributed by atoms with Crippen LogP contribution in [0.1, 0.15) is 13.3 Å². The molecule has 0 atom stereocenters. The van der Waals surface area contributed by atoms with Crippen LogP contribution < -0.4 is 15.2 Å². The summed E-state index contributed by atoms with van der Waals surface area (Å²) >= 11 is 0. The lowest BCUT2D eigenvalue weighted by Crippen LogP contribution is -2.21. The van der Waals surface area contributed by atoms with Gasteiger partial charge in [-0.05, 0) is 25.1 Å². The van der Waals surface area contributed by atoms with Crippen LogP contribution in [-0.2, 0) is 10.0 Å². The van der Waals surface area contributed by atoms with Gasteiger partial charge < -0.3 is 10.1 Å². The fraction of sp³-hybridized carbons (Fsp3) is 0.455. The lowest BCUT2D eigenvalue weighted by Gasteiger charge is -2.08. The Hall–Kier alpha value is -1.71. The van der Waals surface area contributed by atoms with Gasteiger partial charge in [-0.2, -0.15) is 0 Å². The standard InChI is InChI=1S/C11H17N3O5S/c1-2-5-13-6-7-19-11-4-3-9(20(12,17)18)8-10(11)14(15)16/h3-4,8,13H,2,5-7H2,1H3,(H2,12,17,18). The number of hydrogen-bond donors (Lipinski definition) is 2. The molecule has 3 N–H and O–H groups in total. The van der Waals surface area contributed by atoms with Crippen molar-refractivity contribution in [3.05, 3.63) is 28.3 Å². The largest absolute Gasteiger partial charge is 0.485 e. The van der Waals surface area contributed by atoms with Gasteiger partial charge in [-0.1, -0.05) is 6.92 Å². The molecule has 0 unspecified atom stereocenters. The summed E-state index contributed by atoms with van der Waals surface area (Å²) in [6.45, 7) is 3.64. The highest BCUT2D eigenvalue weighted by molar-refractivity contribution is 7.89. The zero-order chi connectivity index (χ0) is 15.2. The lowest BCUT2D eigenvalue weighted by molar-refractivity contribution is -0.386. The average Bonchev–Trinajstić information content (AvgIpc) is 2.37. The molecule has 9 heteroatoms. The molecular weight excluding hydrogens is 286 g/mol. The Morgan fingerprint density at radius 3 is 2.65 bits per heavy atom. The van der Waals surface area contributed by atoms with E-state index >= 15 is 0 Å². The highest BCUT2D eigenvalue weighted by Crippen LogP contribution is 2.29. The van der Waals surface area contributed by atoms with E-state index in [9.17, 15) is 18.5 Å². The molecule has 20 heavy (non-hydrogen) atoms. The molecule has 8 nitrogen and oxygen atoms in total. The average molecular weight is 303 g/mol. The molecule has 0 heterocycles. The second-order valence-corrected chi connectivity index (χ2v) is 5.59. The summed E-state index contributed by atoms with van der Waals surface area (Å²) in [6.07, 6.45) is 0.975. The van der Waals surface area contributed by atoms with Gasteiger partial charge in [0.25, 0.3) is 0 Å². The Labute approximate surface area is 117 Å².